The maximum Gasteiger partial charge on any atom is 0.185 e. The summed E-state index contributed by atoms with van der Waals surface area (Å²) in [4.78, 5) is 11.0. The number of epoxide rings is 1. The van der Waals surface area contributed by atoms with E-state index in [2.05, 4.69) is 13.8 Å². The average Bonchev–Trinajstić information content (AvgIpc) is 2.61. The third-order valence-electron chi connectivity index (χ3n) is 2.69. The van der Waals surface area contributed by atoms with Crippen molar-refractivity contribution in [2.45, 2.75) is 51.6 Å². The van der Waals surface area contributed by atoms with Gasteiger partial charge in [0.2, 0.25) is 0 Å². The van der Waals surface area contributed by atoms with Gasteiger partial charge in [0.05, 0.1) is 5.60 Å². The molecule has 0 aromatic heterocycles. The lowest BCUT2D eigenvalue weighted by Gasteiger charge is -2.32. The number of ether oxygens (including phenoxy) is 2. The molecule has 3 unspecified atom stereocenters. The second-order valence-electron chi connectivity index (χ2n) is 4.72. The quantitative estimate of drug-likeness (QED) is 0.610. The zero-order valence-electron chi connectivity index (χ0n) is 8.37. The molecule has 0 aromatic carbocycles. The molecule has 2 aliphatic rings. The number of hydrogen-bond donors (Lipinski definition) is 0. The Kier molecular flexibility index (Phi) is 1.96. The highest BCUT2D eigenvalue weighted by Crippen LogP contribution is 2.45. The number of ketones is 1. The molecule has 2 rings (SSSR count). The van der Waals surface area contributed by atoms with Crippen LogP contribution in [0.1, 0.15) is 33.6 Å². The van der Waals surface area contributed by atoms with Crippen LogP contribution in [0.5, 0.6) is 0 Å². The lowest BCUT2D eigenvalue weighted by Crippen LogP contribution is -2.37. The maximum absolute atomic E-state index is 11.0. The Morgan fingerprint density at radius 1 is 1.54 bits per heavy atom. The summed E-state index contributed by atoms with van der Waals surface area (Å²) in [5, 5.41) is 0. The first kappa shape index (κ1) is 9.16. The van der Waals surface area contributed by atoms with E-state index in [1.54, 1.807) is 6.92 Å². The van der Waals surface area contributed by atoms with Gasteiger partial charge in [-0.25, -0.2) is 0 Å². The predicted octanol–water partition coefficient (Wildman–Crippen LogP) is 1.51. The smallest absolute Gasteiger partial charge is 0.185 e. The molecular formula is C10H16O3. The molecule has 2 fully saturated rings. The SMILES string of the molecule is CC(=O)CC1CC(C)(C)OC2OC12. The van der Waals surface area contributed by atoms with Gasteiger partial charge in [0.15, 0.2) is 6.29 Å². The minimum atomic E-state index is -0.127. The minimum Gasteiger partial charge on any atom is -0.344 e. The third kappa shape index (κ3) is 1.92. The summed E-state index contributed by atoms with van der Waals surface area (Å²) in [5.74, 6) is 0.614. The predicted molar refractivity (Wildman–Crippen MR) is 47.2 cm³/mol. The fourth-order valence-corrected chi connectivity index (χ4v) is 2.21. The Hall–Kier alpha value is -0.410. The fraction of sp³-hybridized carbons (Fsp3) is 0.900. The van der Waals surface area contributed by atoms with Gasteiger partial charge in [-0.3, -0.25) is 0 Å². The maximum atomic E-state index is 11.0. The van der Waals surface area contributed by atoms with Gasteiger partial charge in [-0.05, 0) is 33.1 Å². The number of carbonyl (C=O) groups excluding carboxylic acids is 1. The van der Waals surface area contributed by atoms with Crippen molar-refractivity contribution in [3.63, 3.8) is 0 Å². The van der Waals surface area contributed by atoms with Gasteiger partial charge < -0.3 is 14.3 Å². The van der Waals surface area contributed by atoms with Crippen molar-refractivity contribution < 1.29 is 14.3 Å². The molecule has 0 saturated carbocycles. The minimum absolute atomic E-state index is 0.0342. The Bertz CT molecular complexity index is 234. The van der Waals surface area contributed by atoms with E-state index in [9.17, 15) is 4.79 Å². The highest BCUT2D eigenvalue weighted by atomic mass is 16.8. The Labute approximate surface area is 78.4 Å². The second kappa shape index (κ2) is 2.79. The van der Waals surface area contributed by atoms with Crippen molar-refractivity contribution in [1.29, 1.82) is 0 Å². The van der Waals surface area contributed by atoms with Gasteiger partial charge in [-0.1, -0.05) is 0 Å². The van der Waals surface area contributed by atoms with Gasteiger partial charge in [0, 0.05) is 6.42 Å². The summed E-state index contributed by atoms with van der Waals surface area (Å²) in [5.41, 5.74) is -0.127. The van der Waals surface area contributed by atoms with Crippen LogP contribution >= 0.6 is 0 Å². The molecule has 2 aliphatic heterocycles. The van der Waals surface area contributed by atoms with Crippen LogP contribution in [-0.4, -0.2) is 23.8 Å². The Morgan fingerprint density at radius 2 is 2.23 bits per heavy atom. The summed E-state index contributed by atoms with van der Waals surface area (Å²) in [6.45, 7) is 5.75. The number of rotatable bonds is 2. The average molecular weight is 184 g/mol. The summed E-state index contributed by atoms with van der Waals surface area (Å²) >= 11 is 0. The van der Waals surface area contributed by atoms with Gasteiger partial charge >= 0.3 is 0 Å². The van der Waals surface area contributed by atoms with Crippen LogP contribution in [0.25, 0.3) is 0 Å². The van der Waals surface area contributed by atoms with E-state index in [0.717, 1.165) is 6.42 Å². The molecule has 0 N–H and O–H groups in total. The molecule has 0 bridgehead atoms. The van der Waals surface area contributed by atoms with Crippen molar-refractivity contribution in [3.05, 3.63) is 0 Å². The van der Waals surface area contributed by atoms with Crippen LogP contribution in [-0.2, 0) is 14.3 Å². The highest BCUT2D eigenvalue weighted by Gasteiger charge is 2.54. The molecule has 0 spiro atoms. The lowest BCUT2D eigenvalue weighted by atomic mass is 9.85. The molecule has 0 radical (unpaired) electrons. The molecule has 74 valence electrons. The molecule has 13 heavy (non-hydrogen) atoms. The van der Waals surface area contributed by atoms with Crippen molar-refractivity contribution in [1.82, 2.24) is 0 Å². The zero-order chi connectivity index (χ0) is 9.64. The van der Waals surface area contributed by atoms with Crippen LogP contribution in [0.15, 0.2) is 0 Å². The zero-order valence-corrected chi connectivity index (χ0v) is 8.37. The molecule has 0 aliphatic carbocycles. The largest absolute Gasteiger partial charge is 0.344 e. The van der Waals surface area contributed by atoms with Crippen molar-refractivity contribution in [3.8, 4) is 0 Å². The molecule has 2 heterocycles. The number of hydrogen-bond acceptors (Lipinski definition) is 3. The van der Waals surface area contributed by atoms with Crippen LogP contribution < -0.4 is 0 Å². The van der Waals surface area contributed by atoms with Crippen LogP contribution in [0.3, 0.4) is 0 Å². The first-order valence-electron chi connectivity index (χ1n) is 4.81. The van der Waals surface area contributed by atoms with Gasteiger partial charge in [-0.2, -0.15) is 0 Å². The van der Waals surface area contributed by atoms with Gasteiger partial charge in [0.25, 0.3) is 0 Å². The third-order valence-corrected chi connectivity index (χ3v) is 2.69. The molecule has 0 amide bonds. The van der Waals surface area contributed by atoms with Crippen molar-refractivity contribution in [2.75, 3.05) is 0 Å². The summed E-state index contributed by atoms with van der Waals surface area (Å²) in [6, 6.07) is 0. The molecule has 3 atom stereocenters. The van der Waals surface area contributed by atoms with Crippen LogP contribution in [0, 0.1) is 5.92 Å². The first-order valence-corrected chi connectivity index (χ1v) is 4.81. The number of carbonyl (C=O) groups is 1. The van der Waals surface area contributed by atoms with Gasteiger partial charge in [0.1, 0.15) is 11.9 Å². The summed E-state index contributed by atoms with van der Waals surface area (Å²) in [7, 11) is 0. The van der Waals surface area contributed by atoms with E-state index in [4.69, 9.17) is 9.47 Å². The highest BCUT2D eigenvalue weighted by molar-refractivity contribution is 5.75. The Morgan fingerprint density at radius 3 is 2.85 bits per heavy atom. The summed E-state index contributed by atoms with van der Waals surface area (Å²) < 4.78 is 11.0. The number of fused-ring (bicyclic) bond motifs is 1. The van der Waals surface area contributed by atoms with Crippen LogP contribution in [0.4, 0.5) is 0 Å². The van der Waals surface area contributed by atoms with E-state index in [0.29, 0.717) is 12.3 Å². The van der Waals surface area contributed by atoms with Crippen LogP contribution in [0.2, 0.25) is 0 Å². The topological polar surface area (TPSA) is 38.8 Å². The van der Waals surface area contributed by atoms with Crippen molar-refractivity contribution in [2.24, 2.45) is 5.92 Å². The van der Waals surface area contributed by atoms with E-state index < -0.39 is 0 Å². The molecule has 3 nitrogen and oxygen atoms in total. The second-order valence-corrected chi connectivity index (χ2v) is 4.72. The molecule has 3 heteroatoms. The van der Waals surface area contributed by atoms with Crippen molar-refractivity contribution >= 4 is 5.78 Å². The monoisotopic (exact) mass is 184 g/mol. The molecule has 2 saturated heterocycles. The van der Waals surface area contributed by atoms with E-state index in [1.165, 1.54) is 0 Å². The normalized spacial score (nSPS) is 41.0. The van der Waals surface area contributed by atoms with E-state index in [1.807, 2.05) is 0 Å². The molecular weight excluding hydrogens is 168 g/mol. The lowest BCUT2D eigenvalue weighted by molar-refractivity contribution is -0.120. The van der Waals surface area contributed by atoms with E-state index >= 15 is 0 Å². The molecule has 0 aromatic rings. The first-order chi connectivity index (χ1) is 5.98. The number of Topliss-reactive ketones (excluding diaryl/α,β-unsaturated/α-hetero) is 1. The van der Waals surface area contributed by atoms with Gasteiger partial charge in [-0.15, -0.1) is 0 Å². The fourth-order valence-electron chi connectivity index (χ4n) is 2.21. The summed E-state index contributed by atoms with van der Waals surface area (Å²) in [6.07, 6.45) is 1.71. The Balaban J connectivity index is 1.99. The van der Waals surface area contributed by atoms with E-state index in [-0.39, 0.29) is 23.8 Å². The standard InChI is InChI=1S/C10H16O3/c1-6(11)4-7-5-10(2,3)13-9-8(7)12-9/h7-9H,4-5H2,1-3H3.